The Morgan fingerprint density at radius 2 is 1.94 bits per heavy atom. The highest BCUT2D eigenvalue weighted by molar-refractivity contribution is 7.15. The maximum atomic E-state index is 13.7. The van der Waals surface area contributed by atoms with E-state index in [2.05, 4.69) is 25.6 Å². The van der Waals surface area contributed by atoms with Gasteiger partial charge in [0, 0.05) is 12.1 Å². The van der Waals surface area contributed by atoms with Gasteiger partial charge in [-0.15, -0.1) is 11.3 Å². The molecule has 0 saturated carbocycles. The number of rotatable bonds is 6. The van der Waals surface area contributed by atoms with Crippen LogP contribution in [0.3, 0.4) is 0 Å². The summed E-state index contributed by atoms with van der Waals surface area (Å²) in [5.41, 5.74) is 0.502. The number of hydrogen-bond acceptors (Lipinski definition) is 7. The topological polar surface area (TPSA) is 83.0 Å². The van der Waals surface area contributed by atoms with Gasteiger partial charge >= 0.3 is 0 Å². The van der Waals surface area contributed by atoms with Crippen LogP contribution < -0.4 is 10.6 Å². The molecule has 2 aromatic heterocycles. The molecule has 31 heavy (non-hydrogen) atoms. The highest BCUT2D eigenvalue weighted by Crippen LogP contribution is 2.28. The zero-order valence-corrected chi connectivity index (χ0v) is 17.8. The van der Waals surface area contributed by atoms with Crippen molar-refractivity contribution in [2.75, 3.05) is 30.3 Å². The molecule has 1 fully saturated rings. The second-order valence-electron chi connectivity index (χ2n) is 7.39. The highest BCUT2D eigenvalue weighted by atomic mass is 32.1. The highest BCUT2D eigenvalue weighted by Gasteiger charge is 2.24. The zero-order valence-electron chi connectivity index (χ0n) is 16.9. The molecule has 1 aliphatic rings. The number of carbonyl (C=O) groups excluding carboxylic acids is 1. The van der Waals surface area contributed by atoms with Crippen LogP contribution >= 0.6 is 11.3 Å². The van der Waals surface area contributed by atoms with E-state index in [1.165, 1.54) is 6.07 Å². The Balaban J connectivity index is 1.30. The van der Waals surface area contributed by atoms with E-state index in [0.29, 0.717) is 18.9 Å². The quantitative estimate of drug-likeness (QED) is 0.596. The number of aromatic nitrogens is 3. The fraction of sp³-hybridized carbons (Fsp3) is 0.333. The van der Waals surface area contributed by atoms with Gasteiger partial charge in [0.15, 0.2) is 0 Å². The molecule has 1 saturated heterocycles. The van der Waals surface area contributed by atoms with Crippen molar-refractivity contribution in [3.63, 3.8) is 0 Å². The number of hydrogen-bond donors (Lipinski definition) is 2. The first-order valence-electron chi connectivity index (χ1n) is 9.95. The maximum absolute atomic E-state index is 13.7. The molecule has 1 aromatic carbocycles. The lowest BCUT2D eigenvalue weighted by Gasteiger charge is -2.31. The third kappa shape index (κ3) is 5.39. The molecular formula is C21H22F2N6OS. The van der Waals surface area contributed by atoms with Crippen molar-refractivity contribution < 1.29 is 13.6 Å². The molecule has 2 N–H and O–H groups in total. The summed E-state index contributed by atoms with van der Waals surface area (Å²) < 4.78 is 27.4. The van der Waals surface area contributed by atoms with Crippen LogP contribution in [-0.4, -0.2) is 45.4 Å². The van der Waals surface area contributed by atoms with E-state index in [-0.39, 0.29) is 12.5 Å². The summed E-state index contributed by atoms with van der Waals surface area (Å²) in [6.07, 6.45) is 6.86. The molecule has 4 rings (SSSR count). The van der Waals surface area contributed by atoms with Crippen LogP contribution in [-0.2, 0) is 4.79 Å². The summed E-state index contributed by atoms with van der Waals surface area (Å²) in [6.45, 7) is 3.40. The number of amides is 1. The van der Waals surface area contributed by atoms with Gasteiger partial charge in [0.25, 0.3) is 0 Å². The molecule has 7 nitrogen and oxygen atoms in total. The lowest BCUT2D eigenvalue weighted by atomic mass is 9.94. The van der Waals surface area contributed by atoms with Crippen LogP contribution in [0.4, 0.5) is 25.3 Å². The van der Waals surface area contributed by atoms with Crippen molar-refractivity contribution in [2.45, 2.75) is 25.7 Å². The van der Waals surface area contributed by atoms with Crippen molar-refractivity contribution in [1.82, 2.24) is 19.9 Å². The van der Waals surface area contributed by atoms with Gasteiger partial charge in [-0.2, -0.15) is 0 Å². The molecule has 1 amide bonds. The standard InChI is InChI=1S/C21H22F2N6OS/c1-13-25-11-20(31-13)27-18-10-24-9-17(26-18)14-5-7-29(8-6-14)12-19(30)28-21-15(22)3-2-4-16(21)23/h2-4,9-11,14H,5-8,12H2,1H3,(H,26,27)(H,28,30). The summed E-state index contributed by atoms with van der Waals surface area (Å²) in [5, 5.41) is 7.45. The Morgan fingerprint density at radius 1 is 1.19 bits per heavy atom. The second kappa shape index (κ2) is 9.44. The Morgan fingerprint density at radius 3 is 2.61 bits per heavy atom. The normalized spacial score (nSPS) is 15.1. The molecule has 3 aromatic rings. The molecule has 0 unspecified atom stereocenters. The molecule has 10 heteroatoms. The third-order valence-electron chi connectivity index (χ3n) is 5.13. The van der Waals surface area contributed by atoms with Gasteiger partial charge in [0.1, 0.15) is 28.1 Å². The first kappa shape index (κ1) is 21.3. The number of aryl methyl sites for hydroxylation is 1. The van der Waals surface area contributed by atoms with Crippen LogP contribution in [0.5, 0.6) is 0 Å². The van der Waals surface area contributed by atoms with E-state index in [4.69, 9.17) is 0 Å². The zero-order chi connectivity index (χ0) is 21.8. The maximum Gasteiger partial charge on any atom is 0.238 e. The summed E-state index contributed by atoms with van der Waals surface area (Å²) in [4.78, 5) is 27.4. The minimum absolute atomic E-state index is 0.0818. The number of piperidine rings is 1. The Kier molecular flexibility index (Phi) is 6.47. The van der Waals surface area contributed by atoms with E-state index < -0.39 is 23.2 Å². The van der Waals surface area contributed by atoms with Crippen LogP contribution in [0, 0.1) is 18.6 Å². The lowest BCUT2D eigenvalue weighted by molar-refractivity contribution is -0.117. The number of benzene rings is 1. The molecular weight excluding hydrogens is 422 g/mol. The molecule has 162 valence electrons. The number of anilines is 3. The van der Waals surface area contributed by atoms with Crippen molar-refractivity contribution in [3.8, 4) is 0 Å². The monoisotopic (exact) mass is 444 g/mol. The minimum atomic E-state index is -0.785. The molecule has 0 atom stereocenters. The summed E-state index contributed by atoms with van der Waals surface area (Å²) in [6, 6.07) is 3.49. The molecule has 3 heterocycles. The number of likely N-dealkylation sites (tertiary alicyclic amines) is 1. The molecule has 1 aliphatic heterocycles. The summed E-state index contributed by atoms with van der Waals surface area (Å²) in [5.74, 6) is -1.09. The summed E-state index contributed by atoms with van der Waals surface area (Å²) in [7, 11) is 0. The number of nitrogens with one attached hydrogen (secondary N) is 2. The van der Waals surface area contributed by atoms with Crippen LogP contribution in [0.2, 0.25) is 0 Å². The smallest absolute Gasteiger partial charge is 0.238 e. The van der Waals surface area contributed by atoms with E-state index in [9.17, 15) is 13.6 Å². The predicted octanol–water partition coefficient (Wildman–Crippen LogP) is 4.08. The summed E-state index contributed by atoms with van der Waals surface area (Å²) >= 11 is 1.55. The van der Waals surface area contributed by atoms with Gasteiger partial charge in [-0.3, -0.25) is 14.7 Å². The fourth-order valence-electron chi connectivity index (χ4n) is 3.57. The van der Waals surface area contributed by atoms with Gasteiger partial charge in [-0.1, -0.05) is 6.07 Å². The Hall–Kier alpha value is -2.98. The third-order valence-corrected chi connectivity index (χ3v) is 5.95. The largest absolute Gasteiger partial charge is 0.329 e. The second-order valence-corrected chi connectivity index (χ2v) is 8.63. The Bertz CT molecular complexity index is 1050. The van der Waals surface area contributed by atoms with Crippen molar-refractivity contribution in [2.24, 2.45) is 0 Å². The lowest BCUT2D eigenvalue weighted by Crippen LogP contribution is -2.39. The van der Waals surface area contributed by atoms with E-state index >= 15 is 0 Å². The predicted molar refractivity (Wildman–Crippen MR) is 116 cm³/mol. The first-order chi connectivity index (χ1) is 15.0. The van der Waals surface area contributed by atoms with Gasteiger partial charge < -0.3 is 10.6 Å². The van der Waals surface area contributed by atoms with E-state index in [1.54, 1.807) is 29.9 Å². The number of para-hydroxylation sites is 1. The molecule has 0 radical (unpaired) electrons. The molecule has 0 aliphatic carbocycles. The number of nitrogens with zero attached hydrogens (tertiary/aromatic N) is 4. The fourth-order valence-corrected chi connectivity index (χ4v) is 4.25. The van der Waals surface area contributed by atoms with Gasteiger partial charge in [0.05, 0.1) is 29.6 Å². The van der Waals surface area contributed by atoms with Gasteiger partial charge in [-0.05, 0) is 45.0 Å². The van der Waals surface area contributed by atoms with Gasteiger partial charge in [0.2, 0.25) is 5.91 Å². The van der Waals surface area contributed by atoms with Gasteiger partial charge in [-0.25, -0.2) is 18.7 Å². The SMILES string of the molecule is Cc1ncc(Nc2cncc(C3CCN(CC(=O)Nc4c(F)cccc4F)CC3)n2)s1. The van der Waals surface area contributed by atoms with Crippen LogP contribution in [0.1, 0.15) is 29.5 Å². The number of halogens is 2. The van der Waals surface area contributed by atoms with Crippen molar-refractivity contribution >= 4 is 33.8 Å². The first-order valence-corrected chi connectivity index (χ1v) is 10.8. The minimum Gasteiger partial charge on any atom is -0.329 e. The average Bonchev–Trinajstić information content (AvgIpc) is 3.16. The molecule has 0 spiro atoms. The number of thiazole rings is 1. The number of carbonyl (C=O) groups is 1. The van der Waals surface area contributed by atoms with E-state index in [0.717, 1.165) is 40.7 Å². The van der Waals surface area contributed by atoms with Crippen LogP contribution in [0.15, 0.2) is 36.8 Å². The van der Waals surface area contributed by atoms with Crippen LogP contribution in [0.25, 0.3) is 0 Å². The van der Waals surface area contributed by atoms with E-state index in [1.807, 2.05) is 11.8 Å². The Labute approximate surface area is 182 Å². The average molecular weight is 445 g/mol. The molecule has 0 bridgehead atoms. The van der Waals surface area contributed by atoms with Crippen molar-refractivity contribution in [1.29, 1.82) is 0 Å². The van der Waals surface area contributed by atoms with Crippen molar-refractivity contribution in [3.05, 3.63) is 59.1 Å².